The first-order valence-electron chi connectivity index (χ1n) is 5.25. The predicted molar refractivity (Wildman–Crippen MR) is 57.9 cm³/mol. The lowest BCUT2D eigenvalue weighted by atomic mass is 10.1. The van der Waals surface area contributed by atoms with Crippen LogP contribution in [0.15, 0.2) is 18.2 Å². The van der Waals surface area contributed by atoms with E-state index in [1.165, 1.54) is 12.8 Å². The molecule has 0 unspecified atom stereocenters. The number of benzene rings is 1. The minimum atomic E-state index is -0.178. The van der Waals surface area contributed by atoms with Crippen molar-refractivity contribution >= 4 is 5.91 Å². The van der Waals surface area contributed by atoms with Crippen molar-refractivity contribution in [3.8, 4) is 5.75 Å². The molecule has 80 valence electrons. The van der Waals surface area contributed by atoms with Crippen LogP contribution in [0.25, 0.3) is 0 Å². The van der Waals surface area contributed by atoms with Gasteiger partial charge in [-0.2, -0.15) is 0 Å². The number of phenols is 1. The Bertz CT molecular complexity index is 383. The van der Waals surface area contributed by atoms with Gasteiger partial charge in [0.05, 0.1) is 5.56 Å². The smallest absolute Gasteiger partial charge is 0.255 e. The second-order valence-corrected chi connectivity index (χ2v) is 4.12. The van der Waals surface area contributed by atoms with E-state index in [1.807, 2.05) is 0 Å². The number of phenolic OH excluding ortho intramolecular Hbond substituents is 1. The van der Waals surface area contributed by atoms with E-state index in [0.29, 0.717) is 11.5 Å². The van der Waals surface area contributed by atoms with Crippen molar-refractivity contribution < 1.29 is 9.90 Å². The van der Waals surface area contributed by atoms with Crippen LogP contribution in [0.4, 0.5) is 0 Å². The van der Waals surface area contributed by atoms with E-state index in [4.69, 9.17) is 0 Å². The molecular formula is C12H15NO2. The zero-order valence-corrected chi connectivity index (χ0v) is 8.79. The zero-order valence-electron chi connectivity index (χ0n) is 8.79. The summed E-state index contributed by atoms with van der Waals surface area (Å²) in [6.45, 7) is 2.51. The average Bonchev–Trinajstić information content (AvgIpc) is 3.02. The van der Waals surface area contributed by atoms with E-state index < -0.39 is 0 Å². The number of aryl methyl sites for hydroxylation is 1. The van der Waals surface area contributed by atoms with Gasteiger partial charge < -0.3 is 10.4 Å². The highest BCUT2D eigenvalue weighted by molar-refractivity contribution is 5.97. The molecule has 1 fully saturated rings. The third-order valence-corrected chi connectivity index (χ3v) is 2.73. The second-order valence-electron chi connectivity index (χ2n) is 4.12. The SMILES string of the molecule is Cc1cccc(C(=O)NCC2CC2)c1O. The molecule has 0 aliphatic heterocycles. The molecule has 1 aliphatic carbocycles. The first-order chi connectivity index (χ1) is 7.18. The number of rotatable bonds is 3. The molecule has 15 heavy (non-hydrogen) atoms. The summed E-state index contributed by atoms with van der Waals surface area (Å²) in [5.74, 6) is 0.565. The standard InChI is InChI=1S/C12H15NO2/c1-8-3-2-4-10(11(8)14)12(15)13-7-9-5-6-9/h2-4,9,14H,5-7H2,1H3,(H,13,15). The molecule has 3 nitrogen and oxygen atoms in total. The van der Waals surface area contributed by atoms with Gasteiger partial charge in [0, 0.05) is 6.54 Å². The fraction of sp³-hybridized carbons (Fsp3) is 0.417. The Morgan fingerprint density at radius 3 is 2.93 bits per heavy atom. The number of nitrogens with one attached hydrogen (secondary N) is 1. The lowest BCUT2D eigenvalue weighted by Gasteiger charge is -2.07. The number of hydrogen-bond acceptors (Lipinski definition) is 2. The average molecular weight is 205 g/mol. The van der Waals surface area contributed by atoms with Gasteiger partial charge in [0.1, 0.15) is 5.75 Å². The maximum Gasteiger partial charge on any atom is 0.255 e. The van der Waals surface area contributed by atoms with E-state index >= 15 is 0 Å². The van der Waals surface area contributed by atoms with Crippen LogP contribution in [-0.4, -0.2) is 17.6 Å². The van der Waals surface area contributed by atoms with E-state index in [-0.39, 0.29) is 11.7 Å². The lowest BCUT2D eigenvalue weighted by molar-refractivity contribution is 0.0949. The lowest BCUT2D eigenvalue weighted by Crippen LogP contribution is -2.25. The molecule has 0 heterocycles. The Hall–Kier alpha value is -1.51. The summed E-state index contributed by atoms with van der Waals surface area (Å²) >= 11 is 0. The van der Waals surface area contributed by atoms with Gasteiger partial charge in [0.25, 0.3) is 5.91 Å². The molecule has 0 atom stereocenters. The largest absolute Gasteiger partial charge is 0.507 e. The fourth-order valence-electron chi connectivity index (χ4n) is 1.50. The number of para-hydroxylation sites is 1. The minimum Gasteiger partial charge on any atom is -0.507 e. The number of carbonyl (C=O) groups excluding carboxylic acids is 1. The summed E-state index contributed by atoms with van der Waals surface area (Å²) in [5.41, 5.74) is 1.10. The van der Waals surface area contributed by atoms with E-state index in [0.717, 1.165) is 12.1 Å². The van der Waals surface area contributed by atoms with Crippen LogP contribution in [0.2, 0.25) is 0 Å². The number of amides is 1. The van der Waals surface area contributed by atoms with Gasteiger partial charge in [0.2, 0.25) is 0 Å². The molecule has 1 aromatic carbocycles. The highest BCUT2D eigenvalue weighted by atomic mass is 16.3. The molecule has 0 aromatic heterocycles. The Kier molecular flexibility index (Phi) is 2.62. The Balaban J connectivity index is 2.06. The molecule has 0 radical (unpaired) electrons. The fourth-order valence-corrected chi connectivity index (χ4v) is 1.50. The molecular weight excluding hydrogens is 190 g/mol. The number of carbonyl (C=O) groups is 1. The van der Waals surface area contributed by atoms with E-state index in [2.05, 4.69) is 5.32 Å². The quantitative estimate of drug-likeness (QED) is 0.791. The van der Waals surface area contributed by atoms with Gasteiger partial charge in [-0.25, -0.2) is 0 Å². The van der Waals surface area contributed by atoms with Crippen LogP contribution in [-0.2, 0) is 0 Å². The Labute approximate surface area is 89.1 Å². The summed E-state index contributed by atoms with van der Waals surface area (Å²) < 4.78 is 0. The number of hydrogen-bond donors (Lipinski definition) is 2. The third kappa shape index (κ3) is 2.29. The van der Waals surface area contributed by atoms with E-state index in [1.54, 1.807) is 25.1 Å². The summed E-state index contributed by atoms with van der Waals surface area (Å²) in [7, 11) is 0. The molecule has 2 N–H and O–H groups in total. The maximum atomic E-state index is 11.7. The minimum absolute atomic E-state index is 0.0887. The molecule has 1 amide bonds. The molecule has 0 spiro atoms. The van der Waals surface area contributed by atoms with Crippen molar-refractivity contribution in [2.45, 2.75) is 19.8 Å². The molecule has 1 aliphatic rings. The van der Waals surface area contributed by atoms with Gasteiger partial charge in [-0.15, -0.1) is 0 Å². The van der Waals surface area contributed by atoms with Gasteiger partial charge in [-0.1, -0.05) is 12.1 Å². The normalized spacial score (nSPS) is 15.0. The van der Waals surface area contributed by atoms with Crippen molar-refractivity contribution in [2.24, 2.45) is 5.92 Å². The molecule has 0 saturated heterocycles. The van der Waals surface area contributed by atoms with Crippen LogP contribution in [0.5, 0.6) is 5.75 Å². The van der Waals surface area contributed by atoms with Crippen molar-refractivity contribution in [2.75, 3.05) is 6.54 Å². The first kappa shape index (κ1) is 10.0. The topological polar surface area (TPSA) is 49.3 Å². The van der Waals surface area contributed by atoms with Crippen LogP contribution in [0, 0.1) is 12.8 Å². The van der Waals surface area contributed by atoms with Crippen molar-refractivity contribution in [1.29, 1.82) is 0 Å². The molecule has 1 aromatic rings. The van der Waals surface area contributed by atoms with Crippen molar-refractivity contribution in [1.82, 2.24) is 5.32 Å². The van der Waals surface area contributed by atoms with Gasteiger partial charge in [-0.3, -0.25) is 4.79 Å². The second kappa shape index (κ2) is 3.93. The zero-order chi connectivity index (χ0) is 10.8. The first-order valence-corrected chi connectivity index (χ1v) is 5.25. The van der Waals surface area contributed by atoms with Gasteiger partial charge in [-0.05, 0) is 37.3 Å². The summed E-state index contributed by atoms with van der Waals surface area (Å²) in [5, 5.41) is 12.5. The van der Waals surface area contributed by atoms with Crippen molar-refractivity contribution in [3.63, 3.8) is 0 Å². The van der Waals surface area contributed by atoms with Crippen LogP contribution in [0.1, 0.15) is 28.8 Å². The molecule has 1 saturated carbocycles. The number of aromatic hydroxyl groups is 1. The van der Waals surface area contributed by atoms with Crippen LogP contribution in [0.3, 0.4) is 0 Å². The Morgan fingerprint density at radius 1 is 1.53 bits per heavy atom. The third-order valence-electron chi connectivity index (χ3n) is 2.73. The molecule has 2 rings (SSSR count). The maximum absolute atomic E-state index is 11.7. The monoisotopic (exact) mass is 205 g/mol. The Morgan fingerprint density at radius 2 is 2.27 bits per heavy atom. The highest BCUT2D eigenvalue weighted by Crippen LogP contribution is 2.28. The van der Waals surface area contributed by atoms with Gasteiger partial charge in [0.15, 0.2) is 0 Å². The predicted octanol–water partition coefficient (Wildman–Crippen LogP) is 1.84. The van der Waals surface area contributed by atoms with Crippen LogP contribution >= 0.6 is 0 Å². The highest BCUT2D eigenvalue weighted by Gasteiger charge is 2.22. The summed E-state index contributed by atoms with van der Waals surface area (Å²) in [4.78, 5) is 11.7. The van der Waals surface area contributed by atoms with E-state index in [9.17, 15) is 9.90 Å². The van der Waals surface area contributed by atoms with Crippen molar-refractivity contribution in [3.05, 3.63) is 29.3 Å². The summed E-state index contributed by atoms with van der Waals surface area (Å²) in [6.07, 6.45) is 2.42. The summed E-state index contributed by atoms with van der Waals surface area (Å²) in [6, 6.07) is 5.21. The molecule has 0 bridgehead atoms. The van der Waals surface area contributed by atoms with Crippen LogP contribution < -0.4 is 5.32 Å². The molecule has 3 heteroatoms. The van der Waals surface area contributed by atoms with Gasteiger partial charge >= 0.3 is 0 Å².